The summed E-state index contributed by atoms with van der Waals surface area (Å²) >= 11 is 0. The van der Waals surface area contributed by atoms with E-state index in [9.17, 15) is 4.39 Å². The zero-order valence-electron chi connectivity index (χ0n) is 19.8. The minimum atomic E-state index is -0.222. The van der Waals surface area contributed by atoms with E-state index >= 15 is 0 Å². The predicted molar refractivity (Wildman–Crippen MR) is 136 cm³/mol. The van der Waals surface area contributed by atoms with Crippen molar-refractivity contribution >= 4 is 0 Å². The van der Waals surface area contributed by atoms with Gasteiger partial charge < -0.3 is 0 Å². The molecule has 1 fully saturated rings. The lowest BCUT2D eigenvalue weighted by Crippen LogP contribution is -2.14. The van der Waals surface area contributed by atoms with Crippen LogP contribution in [-0.2, 0) is 6.42 Å². The quantitative estimate of drug-likeness (QED) is 0.364. The lowest BCUT2D eigenvalue weighted by Gasteiger charge is -2.26. The Morgan fingerprint density at radius 2 is 1.30 bits per heavy atom. The molecule has 0 aromatic heterocycles. The molecule has 0 saturated heterocycles. The van der Waals surface area contributed by atoms with Gasteiger partial charge in [0.25, 0.3) is 0 Å². The molecular weight excluding hydrogens is 403 g/mol. The predicted octanol–water partition coefficient (Wildman–Crippen LogP) is 7.61. The molecule has 0 spiro atoms. The van der Waals surface area contributed by atoms with Crippen LogP contribution in [0.4, 0.5) is 4.39 Å². The van der Waals surface area contributed by atoms with Crippen LogP contribution in [0.3, 0.4) is 0 Å². The van der Waals surface area contributed by atoms with Crippen molar-refractivity contribution in [2.24, 2.45) is 11.8 Å². The summed E-state index contributed by atoms with van der Waals surface area (Å²) in [7, 11) is 0. The largest absolute Gasteiger partial charge is 0.206 e. The highest BCUT2D eigenvalue weighted by Crippen LogP contribution is 2.30. The Morgan fingerprint density at radius 1 is 0.697 bits per heavy atom. The third-order valence-corrected chi connectivity index (χ3v) is 6.78. The van der Waals surface area contributed by atoms with Gasteiger partial charge in [0.05, 0.1) is 5.56 Å². The van der Waals surface area contributed by atoms with Crippen LogP contribution < -0.4 is 0 Å². The maximum Gasteiger partial charge on any atom is 0.139 e. The molecule has 0 unspecified atom stereocenters. The normalized spacial score (nSPS) is 17.5. The molecule has 0 amide bonds. The number of rotatable bonds is 2. The minimum Gasteiger partial charge on any atom is -0.206 e. The van der Waals surface area contributed by atoms with E-state index in [1.165, 1.54) is 36.8 Å². The second-order valence-corrected chi connectivity index (χ2v) is 9.52. The van der Waals surface area contributed by atoms with Gasteiger partial charge >= 0.3 is 0 Å². The van der Waals surface area contributed by atoms with Crippen LogP contribution in [0.25, 0.3) is 0 Å². The topological polar surface area (TPSA) is 0 Å². The molecule has 0 nitrogen and oxygen atoms in total. The van der Waals surface area contributed by atoms with Gasteiger partial charge in [-0.05, 0) is 110 Å². The molecular formula is C32H31F. The highest BCUT2D eigenvalue weighted by Gasteiger charge is 2.18. The summed E-state index contributed by atoms with van der Waals surface area (Å²) in [5, 5.41) is 0. The van der Waals surface area contributed by atoms with E-state index in [-0.39, 0.29) is 5.82 Å². The average Bonchev–Trinajstić information content (AvgIpc) is 2.81. The Labute approximate surface area is 198 Å². The molecule has 166 valence electrons. The van der Waals surface area contributed by atoms with E-state index in [4.69, 9.17) is 0 Å². The first kappa shape index (κ1) is 22.9. The monoisotopic (exact) mass is 434 g/mol. The Hall–Kier alpha value is -3.29. The number of aryl methyl sites for hydroxylation is 2. The van der Waals surface area contributed by atoms with Crippen LogP contribution in [0.1, 0.15) is 71.6 Å². The van der Waals surface area contributed by atoms with Crippen molar-refractivity contribution in [2.45, 2.75) is 52.9 Å². The summed E-state index contributed by atoms with van der Waals surface area (Å²) in [6, 6.07) is 19.6. The maximum absolute atomic E-state index is 14.6. The van der Waals surface area contributed by atoms with E-state index < -0.39 is 0 Å². The molecule has 33 heavy (non-hydrogen) atoms. The van der Waals surface area contributed by atoms with Crippen LogP contribution in [0.15, 0.2) is 60.7 Å². The molecule has 4 rings (SSSR count). The van der Waals surface area contributed by atoms with Crippen molar-refractivity contribution in [2.75, 3.05) is 0 Å². The molecule has 1 aliphatic rings. The number of hydrogen-bond acceptors (Lipinski definition) is 0. The Balaban J connectivity index is 1.40. The first-order chi connectivity index (χ1) is 16.0. The maximum atomic E-state index is 14.6. The van der Waals surface area contributed by atoms with Gasteiger partial charge in [-0.1, -0.05) is 55.6 Å². The summed E-state index contributed by atoms with van der Waals surface area (Å²) in [6.45, 7) is 6.53. The van der Waals surface area contributed by atoms with Crippen LogP contribution in [0.2, 0.25) is 0 Å². The van der Waals surface area contributed by atoms with Crippen molar-refractivity contribution < 1.29 is 4.39 Å². The van der Waals surface area contributed by atoms with E-state index in [1.807, 2.05) is 42.5 Å². The summed E-state index contributed by atoms with van der Waals surface area (Å²) < 4.78 is 14.6. The van der Waals surface area contributed by atoms with Gasteiger partial charge in [-0.25, -0.2) is 4.39 Å². The van der Waals surface area contributed by atoms with Crippen LogP contribution >= 0.6 is 0 Å². The first-order valence-corrected chi connectivity index (χ1v) is 12.0. The number of halogens is 1. The zero-order chi connectivity index (χ0) is 23.2. The SMILES string of the molecule is Cc1ccc(C#Cc2ccc(C#Cc3ccc(CC4CCC(C)CC4)cc3F)cc2)cc1C. The zero-order valence-corrected chi connectivity index (χ0v) is 19.8. The fourth-order valence-corrected chi connectivity index (χ4v) is 4.39. The van der Waals surface area contributed by atoms with Gasteiger partial charge in [-0.15, -0.1) is 0 Å². The highest BCUT2D eigenvalue weighted by atomic mass is 19.1. The van der Waals surface area contributed by atoms with Gasteiger partial charge in [0.2, 0.25) is 0 Å². The Bertz CT molecular complexity index is 1230. The molecule has 0 aliphatic heterocycles. The highest BCUT2D eigenvalue weighted by molar-refractivity contribution is 5.49. The van der Waals surface area contributed by atoms with Crippen LogP contribution in [0, 0.1) is 55.2 Å². The van der Waals surface area contributed by atoms with E-state index in [0.717, 1.165) is 34.6 Å². The summed E-state index contributed by atoms with van der Waals surface area (Å²) in [4.78, 5) is 0. The second-order valence-electron chi connectivity index (χ2n) is 9.52. The molecule has 1 heteroatoms. The smallest absolute Gasteiger partial charge is 0.139 e. The molecule has 0 N–H and O–H groups in total. The molecule has 0 heterocycles. The van der Waals surface area contributed by atoms with Crippen molar-refractivity contribution in [3.63, 3.8) is 0 Å². The van der Waals surface area contributed by atoms with Gasteiger partial charge in [0.1, 0.15) is 5.82 Å². The minimum absolute atomic E-state index is 0.222. The number of benzene rings is 3. The molecule has 1 aliphatic carbocycles. The van der Waals surface area contributed by atoms with Gasteiger partial charge in [0.15, 0.2) is 0 Å². The standard InChI is InChI=1S/C32H31F/c1-23-4-7-29(8-5-23)21-30-17-19-31(32(33)22-30)18-16-27-12-10-26(11-13-27)14-15-28-9-6-24(2)25(3)20-28/h6,9-13,17,19-20,22-23,29H,4-5,7-8,21H2,1-3H3. The fourth-order valence-electron chi connectivity index (χ4n) is 4.39. The molecule has 3 aromatic carbocycles. The van der Waals surface area contributed by atoms with Gasteiger partial charge in [-0.3, -0.25) is 0 Å². The number of hydrogen-bond donors (Lipinski definition) is 0. The Kier molecular flexibility index (Phi) is 7.32. The van der Waals surface area contributed by atoms with E-state index in [1.54, 1.807) is 6.07 Å². The molecule has 0 bridgehead atoms. The van der Waals surface area contributed by atoms with E-state index in [2.05, 4.69) is 56.6 Å². The van der Waals surface area contributed by atoms with Crippen molar-refractivity contribution in [3.8, 4) is 23.7 Å². The summed E-state index contributed by atoms with van der Waals surface area (Å²) in [5.74, 6) is 13.8. The van der Waals surface area contributed by atoms with Crippen LogP contribution in [0.5, 0.6) is 0 Å². The summed E-state index contributed by atoms with van der Waals surface area (Å²) in [6.07, 6.45) is 6.09. The Morgan fingerprint density at radius 3 is 1.94 bits per heavy atom. The van der Waals surface area contributed by atoms with Gasteiger partial charge in [0, 0.05) is 16.7 Å². The first-order valence-electron chi connectivity index (χ1n) is 12.0. The fraction of sp³-hybridized carbons (Fsp3) is 0.312. The second kappa shape index (κ2) is 10.6. The average molecular weight is 435 g/mol. The van der Waals surface area contributed by atoms with Crippen LogP contribution in [-0.4, -0.2) is 0 Å². The van der Waals surface area contributed by atoms with Crippen molar-refractivity contribution in [3.05, 3.63) is 105 Å². The summed E-state index contributed by atoms with van der Waals surface area (Å²) in [5.41, 5.74) is 6.86. The van der Waals surface area contributed by atoms with Crippen molar-refractivity contribution in [1.82, 2.24) is 0 Å². The van der Waals surface area contributed by atoms with Gasteiger partial charge in [-0.2, -0.15) is 0 Å². The third kappa shape index (κ3) is 6.37. The molecule has 3 aromatic rings. The lowest BCUT2D eigenvalue weighted by molar-refractivity contribution is 0.289. The van der Waals surface area contributed by atoms with E-state index in [0.29, 0.717) is 11.5 Å². The third-order valence-electron chi connectivity index (χ3n) is 6.78. The molecule has 0 atom stereocenters. The molecule has 0 radical (unpaired) electrons. The van der Waals surface area contributed by atoms with Crippen molar-refractivity contribution in [1.29, 1.82) is 0 Å². The lowest BCUT2D eigenvalue weighted by atomic mass is 9.80. The molecule has 1 saturated carbocycles.